The fraction of sp³-hybridized carbons (Fsp3) is 1.00. The molecule has 6 heteroatoms. The maximum Gasteiger partial charge on any atom is 0.282 e. The highest BCUT2D eigenvalue weighted by atomic mass is 16.9. The standard InChI is InChI=1S/C37H76O6/c1-7-38-36(39-8-2,40-9-3)34-32-30-28-26-24-22-20-18-16-14-13-15-17-19-21-23-25-27-29-31-33-35-37(41-10-4,42-11-5)43-12-6/h7-35H2,1-6H3. The third-order valence-electron chi connectivity index (χ3n) is 8.15. The largest absolute Gasteiger partial charge is 0.328 e. The normalized spacial score (nSPS) is 12.4. The third-order valence-corrected chi connectivity index (χ3v) is 8.15. The van der Waals surface area contributed by atoms with Crippen LogP contribution in [0.4, 0.5) is 0 Å². The smallest absolute Gasteiger partial charge is 0.282 e. The van der Waals surface area contributed by atoms with E-state index in [1.807, 2.05) is 41.5 Å². The van der Waals surface area contributed by atoms with Gasteiger partial charge in [0.05, 0.1) is 0 Å². The molecule has 0 atom stereocenters. The van der Waals surface area contributed by atoms with E-state index in [1.165, 1.54) is 122 Å². The summed E-state index contributed by atoms with van der Waals surface area (Å²) in [6.45, 7) is 15.7. The molecule has 0 rings (SSSR count). The van der Waals surface area contributed by atoms with Crippen LogP contribution >= 0.6 is 0 Å². The number of hydrogen-bond donors (Lipinski definition) is 0. The molecule has 0 aliphatic carbocycles. The van der Waals surface area contributed by atoms with Crippen molar-refractivity contribution < 1.29 is 28.4 Å². The highest BCUT2D eigenvalue weighted by molar-refractivity contribution is 4.61. The van der Waals surface area contributed by atoms with Crippen molar-refractivity contribution in [3.8, 4) is 0 Å². The Morgan fingerprint density at radius 3 is 0.512 bits per heavy atom. The minimum absolute atomic E-state index is 0.616. The monoisotopic (exact) mass is 617 g/mol. The molecule has 0 bridgehead atoms. The Bertz CT molecular complexity index is 463. The highest BCUT2D eigenvalue weighted by Crippen LogP contribution is 2.25. The van der Waals surface area contributed by atoms with Gasteiger partial charge in [0, 0.05) is 52.5 Å². The van der Waals surface area contributed by atoms with E-state index in [9.17, 15) is 0 Å². The second-order valence-electron chi connectivity index (χ2n) is 11.9. The molecule has 43 heavy (non-hydrogen) atoms. The molecule has 0 N–H and O–H groups in total. The van der Waals surface area contributed by atoms with Crippen molar-refractivity contribution >= 4 is 0 Å². The zero-order valence-electron chi connectivity index (χ0n) is 30.0. The lowest BCUT2D eigenvalue weighted by Crippen LogP contribution is -2.39. The average molecular weight is 617 g/mol. The van der Waals surface area contributed by atoms with Gasteiger partial charge in [-0.2, -0.15) is 0 Å². The lowest BCUT2D eigenvalue weighted by atomic mass is 10.0. The highest BCUT2D eigenvalue weighted by Gasteiger charge is 2.32. The van der Waals surface area contributed by atoms with Gasteiger partial charge in [-0.25, -0.2) is 0 Å². The SMILES string of the molecule is CCOC(CCCCCCCCCCCCCCCCCCCCCCCC(OCC)(OCC)OCC)(OCC)OCC. The number of unbranched alkanes of at least 4 members (excludes halogenated alkanes) is 20. The van der Waals surface area contributed by atoms with E-state index in [0.29, 0.717) is 39.6 Å². The van der Waals surface area contributed by atoms with E-state index in [0.717, 1.165) is 25.7 Å². The Labute approximate surface area is 269 Å². The molecule has 0 saturated carbocycles. The quantitative estimate of drug-likeness (QED) is 0.0515. The summed E-state index contributed by atoms with van der Waals surface area (Å²) < 4.78 is 35.0. The first kappa shape index (κ1) is 42.8. The van der Waals surface area contributed by atoms with Crippen LogP contribution in [0.2, 0.25) is 0 Å². The van der Waals surface area contributed by atoms with Gasteiger partial charge in [-0.15, -0.1) is 0 Å². The maximum atomic E-state index is 5.83. The molecule has 0 aromatic heterocycles. The Kier molecular flexibility index (Phi) is 31.6. The second kappa shape index (κ2) is 31.7. The van der Waals surface area contributed by atoms with Crippen LogP contribution in [0.3, 0.4) is 0 Å². The van der Waals surface area contributed by atoms with Gasteiger partial charge in [-0.3, -0.25) is 0 Å². The first-order valence-electron chi connectivity index (χ1n) is 18.9. The van der Waals surface area contributed by atoms with Gasteiger partial charge in [0.1, 0.15) is 0 Å². The number of ether oxygens (including phenoxy) is 6. The number of hydrogen-bond acceptors (Lipinski definition) is 6. The molecule has 0 aromatic carbocycles. The molecule has 0 saturated heterocycles. The van der Waals surface area contributed by atoms with Crippen LogP contribution < -0.4 is 0 Å². The van der Waals surface area contributed by atoms with Crippen LogP contribution in [0.25, 0.3) is 0 Å². The molecule has 6 nitrogen and oxygen atoms in total. The zero-order valence-corrected chi connectivity index (χ0v) is 30.0. The molecule has 0 aromatic rings. The van der Waals surface area contributed by atoms with E-state index >= 15 is 0 Å². The number of rotatable bonds is 36. The molecule has 0 fully saturated rings. The fourth-order valence-electron chi connectivity index (χ4n) is 6.04. The van der Waals surface area contributed by atoms with Gasteiger partial charge < -0.3 is 28.4 Å². The topological polar surface area (TPSA) is 55.4 Å². The van der Waals surface area contributed by atoms with E-state index in [4.69, 9.17) is 28.4 Å². The Balaban J connectivity index is 3.47. The molecule has 0 aliphatic heterocycles. The van der Waals surface area contributed by atoms with Gasteiger partial charge in [0.15, 0.2) is 0 Å². The minimum atomic E-state index is -0.826. The lowest BCUT2D eigenvalue weighted by Gasteiger charge is -2.32. The summed E-state index contributed by atoms with van der Waals surface area (Å²) in [7, 11) is 0. The van der Waals surface area contributed by atoms with Crippen molar-refractivity contribution in [2.45, 2.75) is 201 Å². The minimum Gasteiger partial charge on any atom is -0.328 e. The Morgan fingerprint density at radius 1 is 0.233 bits per heavy atom. The van der Waals surface area contributed by atoms with Crippen molar-refractivity contribution in [2.24, 2.45) is 0 Å². The molecule has 260 valence electrons. The van der Waals surface area contributed by atoms with Crippen molar-refractivity contribution in [1.82, 2.24) is 0 Å². The summed E-state index contributed by atoms with van der Waals surface area (Å²) in [6.07, 6.45) is 30.0. The average Bonchev–Trinajstić information content (AvgIpc) is 2.98. The zero-order chi connectivity index (χ0) is 31.7. The predicted octanol–water partition coefficient (Wildman–Crippen LogP) is 11.5. The summed E-state index contributed by atoms with van der Waals surface area (Å²) in [4.78, 5) is 0. The van der Waals surface area contributed by atoms with Gasteiger partial charge in [0.25, 0.3) is 11.9 Å². The molecular weight excluding hydrogens is 540 g/mol. The first-order valence-corrected chi connectivity index (χ1v) is 18.9. The predicted molar refractivity (Wildman–Crippen MR) is 181 cm³/mol. The molecule has 0 spiro atoms. The van der Waals surface area contributed by atoms with Crippen LogP contribution in [0, 0.1) is 0 Å². The molecule has 0 unspecified atom stereocenters. The van der Waals surface area contributed by atoms with Crippen molar-refractivity contribution in [1.29, 1.82) is 0 Å². The van der Waals surface area contributed by atoms with Crippen LogP contribution in [0.15, 0.2) is 0 Å². The summed E-state index contributed by atoms with van der Waals surface area (Å²) in [5, 5.41) is 0. The van der Waals surface area contributed by atoms with Crippen molar-refractivity contribution in [3.63, 3.8) is 0 Å². The van der Waals surface area contributed by atoms with Crippen LogP contribution in [0.1, 0.15) is 189 Å². The lowest BCUT2D eigenvalue weighted by molar-refractivity contribution is -0.380. The Hall–Kier alpha value is -0.240. The van der Waals surface area contributed by atoms with Crippen LogP contribution in [-0.2, 0) is 28.4 Å². The molecule has 0 amide bonds. The molecule has 0 radical (unpaired) electrons. The molecule has 0 heterocycles. The van der Waals surface area contributed by atoms with Gasteiger partial charge in [-0.05, 0) is 54.4 Å². The second-order valence-corrected chi connectivity index (χ2v) is 11.9. The third kappa shape index (κ3) is 24.6. The molecule has 0 aliphatic rings. The summed E-state index contributed by atoms with van der Waals surface area (Å²) >= 11 is 0. The van der Waals surface area contributed by atoms with Crippen molar-refractivity contribution in [3.05, 3.63) is 0 Å². The molecular formula is C37H76O6. The van der Waals surface area contributed by atoms with Gasteiger partial charge in [0.2, 0.25) is 0 Å². The van der Waals surface area contributed by atoms with Crippen LogP contribution in [0.5, 0.6) is 0 Å². The van der Waals surface area contributed by atoms with E-state index in [-0.39, 0.29) is 0 Å². The van der Waals surface area contributed by atoms with E-state index < -0.39 is 11.9 Å². The fourth-order valence-corrected chi connectivity index (χ4v) is 6.04. The summed E-state index contributed by atoms with van der Waals surface area (Å²) in [5.74, 6) is -1.65. The van der Waals surface area contributed by atoms with E-state index in [1.54, 1.807) is 0 Å². The maximum absolute atomic E-state index is 5.83. The van der Waals surface area contributed by atoms with E-state index in [2.05, 4.69) is 0 Å². The first-order chi connectivity index (χ1) is 21.1. The summed E-state index contributed by atoms with van der Waals surface area (Å²) in [6, 6.07) is 0. The van der Waals surface area contributed by atoms with Crippen molar-refractivity contribution in [2.75, 3.05) is 39.6 Å². The van der Waals surface area contributed by atoms with Gasteiger partial charge in [-0.1, -0.05) is 122 Å². The Morgan fingerprint density at radius 2 is 0.372 bits per heavy atom. The summed E-state index contributed by atoms with van der Waals surface area (Å²) in [5.41, 5.74) is 0. The van der Waals surface area contributed by atoms with Gasteiger partial charge >= 0.3 is 0 Å². The van der Waals surface area contributed by atoms with Crippen LogP contribution in [-0.4, -0.2) is 51.6 Å².